The van der Waals surface area contributed by atoms with E-state index in [2.05, 4.69) is 15.6 Å². The number of rotatable bonds is 26. The van der Waals surface area contributed by atoms with Crippen molar-refractivity contribution >= 4 is 77.3 Å². The van der Waals surface area contributed by atoms with Crippen molar-refractivity contribution in [3.8, 4) is 0 Å². The van der Waals surface area contributed by atoms with E-state index in [-0.39, 0.29) is 77.2 Å². The van der Waals surface area contributed by atoms with E-state index in [1.807, 2.05) is 87.4 Å². The van der Waals surface area contributed by atoms with Crippen molar-refractivity contribution in [2.75, 3.05) is 13.2 Å². The van der Waals surface area contributed by atoms with E-state index in [0.29, 0.717) is 56.4 Å². The first kappa shape index (κ1) is 68.9. The number of aryl methyl sites for hydroxylation is 2. The third-order valence-corrected chi connectivity index (χ3v) is 21.7. The molecule has 10 unspecified atom stereocenters. The molecule has 1 aromatic carbocycles. The fraction of sp³-hybridized carbons (Fsp3) is 0.629. The number of aliphatic hydroxyl groups is 2. The molecule has 492 valence electrons. The van der Waals surface area contributed by atoms with Crippen LogP contribution in [0, 0.1) is 59.2 Å². The minimum atomic E-state index is -5.07. The van der Waals surface area contributed by atoms with Crippen molar-refractivity contribution in [1.82, 2.24) is 20.2 Å². The largest absolute Gasteiger partial charge is 0.472 e. The average molecular weight is 1270 g/mol. The molecule has 8 rings (SSSR count). The van der Waals surface area contributed by atoms with Crippen LogP contribution in [0.25, 0.3) is 11.0 Å². The number of aliphatic imine (C=N–C) groups is 3. The van der Waals surface area contributed by atoms with E-state index in [0.717, 1.165) is 11.1 Å². The minimum Gasteiger partial charge on any atom is -0.394 e. The number of carbonyl (C=O) groups is 7. The van der Waals surface area contributed by atoms with E-state index in [9.17, 15) is 53.2 Å². The Hall–Kier alpha value is -7.00. The number of nitrogens with one attached hydrogen (secondary N) is 2. The number of nitrogens with zero attached hydrogens (tertiary/aromatic N) is 5. The maximum absolute atomic E-state index is 14.4. The van der Waals surface area contributed by atoms with Crippen LogP contribution in [0.15, 0.2) is 67.8 Å². The number of carbonyl (C=O) groups excluding carboxylic acids is 7. The number of hydrogen-bond donors (Lipinski definition) is 11. The minimum absolute atomic E-state index is 0.0114. The lowest BCUT2D eigenvalue weighted by Crippen LogP contribution is -2.56. The molecule has 17 N–H and O–H groups in total. The first-order chi connectivity index (χ1) is 41.8. The number of phosphoric acid groups is 1. The van der Waals surface area contributed by atoms with Gasteiger partial charge in [-0.2, -0.15) is 0 Å². The van der Waals surface area contributed by atoms with Gasteiger partial charge in [-0.15, -0.1) is 0 Å². The number of ether oxygens (including phenoxy) is 1. The standard InChI is InChI=1S/C62H90N13O14P/c1-29-20-39-40(21-30(29)2)75(28-70-39)57-52(84)53(41(27-76)87-57)89-90(85,86)88-31(3)26-69-49(83)18-19-59(8)37(22-46(66)80)56-62(11)61(10,25-48(68)82)36(14-17-45(65)79)51(74-62)33(5)55-60(9,24-47(67)81)34(12-15-43(63)77)38(71-55)23-42-58(6,7)35(13-16-44(64)78)50(72-42)32(4)54(59)73-56/h20-21,23,28,31,34-37,41,52-53,56-57,71,76,84H,12-19,22,24-27H2,1-11H3,(H2,63,77)(H2,64,78)(H2,65,79)(H2,66,80)(H2,67,81)(H2,68,82)(H,69,83)(H,85,86)/t31?,34?,35?,36?,37?,41?,52?,53?,56-,57?,59+,60-,61-,62-/m0/s1. The molecule has 7 amide bonds. The molecule has 7 heterocycles. The molecule has 6 aliphatic rings. The molecular weight excluding hydrogens is 1180 g/mol. The summed E-state index contributed by atoms with van der Waals surface area (Å²) >= 11 is 0. The van der Waals surface area contributed by atoms with Crippen LogP contribution >= 0.6 is 7.82 Å². The first-order valence-electron chi connectivity index (χ1n) is 30.6. The maximum atomic E-state index is 14.4. The summed E-state index contributed by atoms with van der Waals surface area (Å²) in [5, 5.41) is 28.2. The smallest absolute Gasteiger partial charge is 0.394 e. The van der Waals surface area contributed by atoms with Crippen LogP contribution in [-0.2, 0) is 51.9 Å². The molecule has 27 nitrogen and oxygen atoms in total. The number of imidazole rings is 1. The Kier molecular flexibility index (Phi) is 19.6. The van der Waals surface area contributed by atoms with Crippen molar-refractivity contribution in [2.45, 2.75) is 189 Å². The Labute approximate surface area is 523 Å². The van der Waals surface area contributed by atoms with Crippen LogP contribution in [0.3, 0.4) is 0 Å². The lowest BCUT2D eigenvalue weighted by molar-refractivity contribution is -0.124. The zero-order chi connectivity index (χ0) is 66.7. The number of phosphoric ester groups is 1. The highest BCUT2D eigenvalue weighted by Crippen LogP contribution is 2.63. The fourth-order valence-corrected chi connectivity index (χ4v) is 16.6. The number of aromatic nitrogens is 2. The average Bonchev–Trinajstić information content (AvgIpc) is 1.53. The number of aliphatic hydroxyl groups excluding tert-OH is 2. The molecule has 90 heavy (non-hydrogen) atoms. The SMILES string of the molecule is CC1=C2N=C(C=C3NC(=C(C)C4=N[C@@](C)([C@H]5N=C1[C@](C)(CCC(=O)NCC(C)OP(=O)(O)OC1C(CO)OC(n6cnc7cc(C)c(C)cc76)C1O)C5CC(N)=O)[C@@](C)(CC(N)=O)C4CCC(N)=O)[C@@](C)(CC(N)=O)C3CCC(N)=O)C(C)(C)C2CCC(N)=O. The number of nitrogens with two attached hydrogens (primary N) is 6. The van der Waals surface area contributed by atoms with Gasteiger partial charge in [0.25, 0.3) is 0 Å². The summed E-state index contributed by atoms with van der Waals surface area (Å²) in [6.07, 6.45) is -4.26. The first-order valence-corrected chi connectivity index (χ1v) is 32.1. The van der Waals surface area contributed by atoms with Gasteiger partial charge in [0.05, 0.1) is 41.7 Å². The second-order valence-electron chi connectivity index (χ2n) is 27.1. The van der Waals surface area contributed by atoms with Gasteiger partial charge in [0.15, 0.2) is 6.23 Å². The van der Waals surface area contributed by atoms with E-state index < -0.39 is 143 Å². The van der Waals surface area contributed by atoms with Gasteiger partial charge in [-0.3, -0.25) is 57.6 Å². The summed E-state index contributed by atoms with van der Waals surface area (Å²) in [5.74, 6) is -7.18. The van der Waals surface area contributed by atoms with Gasteiger partial charge in [-0.25, -0.2) is 9.55 Å². The molecule has 6 aliphatic heterocycles. The predicted molar refractivity (Wildman–Crippen MR) is 334 cm³/mol. The molecule has 2 saturated heterocycles. The maximum Gasteiger partial charge on any atom is 0.472 e. The second kappa shape index (κ2) is 25.6. The number of primary amides is 6. The van der Waals surface area contributed by atoms with Crippen molar-refractivity contribution in [3.05, 3.63) is 63.9 Å². The number of amides is 7. The molecule has 0 spiro atoms. The van der Waals surface area contributed by atoms with Gasteiger partial charge in [-0.05, 0) is 108 Å². The van der Waals surface area contributed by atoms with Gasteiger partial charge >= 0.3 is 7.82 Å². The summed E-state index contributed by atoms with van der Waals surface area (Å²) in [5.41, 5.74) is 37.4. The highest BCUT2D eigenvalue weighted by atomic mass is 31.2. The molecule has 0 radical (unpaired) electrons. The molecular formula is C62H90N13O14P. The summed E-state index contributed by atoms with van der Waals surface area (Å²) < 4.78 is 32.3. The predicted octanol–water partition coefficient (Wildman–Crippen LogP) is 3.16. The van der Waals surface area contributed by atoms with Crippen molar-refractivity contribution in [3.63, 3.8) is 0 Å². The van der Waals surface area contributed by atoms with Crippen LogP contribution in [-0.4, -0.2) is 132 Å². The van der Waals surface area contributed by atoms with Gasteiger partial charge in [-0.1, -0.05) is 34.6 Å². The molecule has 1 aromatic heterocycles. The quantitative estimate of drug-likeness (QED) is 0.0603. The van der Waals surface area contributed by atoms with Crippen LogP contribution in [0.5, 0.6) is 0 Å². The lowest BCUT2D eigenvalue weighted by atomic mass is 9.55. The Morgan fingerprint density at radius 3 is 1.99 bits per heavy atom. The lowest BCUT2D eigenvalue weighted by Gasteiger charge is -2.48. The van der Waals surface area contributed by atoms with Crippen LogP contribution in [0.1, 0.15) is 150 Å². The number of benzene rings is 1. The Balaban J connectivity index is 1.19. The number of allylic oxidation sites excluding steroid dienone is 6. The highest BCUT2D eigenvalue weighted by molar-refractivity contribution is 7.47. The zero-order valence-corrected chi connectivity index (χ0v) is 54.1. The monoisotopic (exact) mass is 1270 g/mol. The summed E-state index contributed by atoms with van der Waals surface area (Å²) in [6.45, 7) is 19.3. The number of fused-ring (bicyclic) bond motifs is 7. The third kappa shape index (κ3) is 13.0. The van der Waals surface area contributed by atoms with Gasteiger partial charge in [0.2, 0.25) is 41.4 Å². The summed E-state index contributed by atoms with van der Waals surface area (Å²) in [7, 11) is -5.07. The van der Waals surface area contributed by atoms with Gasteiger partial charge < -0.3 is 69.4 Å². The van der Waals surface area contributed by atoms with E-state index >= 15 is 0 Å². The number of hydrogen-bond acceptors (Lipinski definition) is 18. The van der Waals surface area contributed by atoms with Gasteiger partial charge in [0, 0.05) is 131 Å². The van der Waals surface area contributed by atoms with Gasteiger partial charge in [0.1, 0.15) is 18.3 Å². The molecule has 15 atom stereocenters. The van der Waals surface area contributed by atoms with Crippen molar-refractivity contribution in [1.29, 1.82) is 0 Å². The Morgan fingerprint density at radius 1 is 0.800 bits per heavy atom. The van der Waals surface area contributed by atoms with E-state index in [1.54, 1.807) is 4.57 Å². The fourth-order valence-electron chi connectivity index (χ4n) is 15.4. The molecule has 2 fully saturated rings. The van der Waals surface area contributed by atoms with Crippen molar-refractivity contribution < 1.29 is 67.0 Å². The topological polar surface area (TPSA) is 460 Å². The summed E-state index contributed by atoms with van der Waals surface area (Å²) in [4.78, 5) is 126. The molecule has 8 bridgehead atoms. The normalized spacial score (nSPS) is 32.0. The zero-order valence-electron chi connectivity index (χ0n) is 53.3. The van der Waals surface area contributed by atoms with E-state index in [4.69, 9.17) is 63.2 Å². The molecule has 2 aromatic rings. The Morgan fingerprint density at radius 2 is 1.40 bits per heavy atom. The Bertz CT molecular complexity index is 3540. The summed E-state index contributed by atoms with van der Waals surface area (Å²) in [6, 6.07) is 2.70. The molecule has 28 heteroatoms. The molecule has 0 saturated carbocycles. The van der Waals surface area contributed by atoms with Crippen LogP contribution in [0.2, 0.25) is 0 Å². The molecule has 0 aliphatic carbocycles. The van der Waals surface area contributed by atoms with Crippen molar-refractivity contribution in [2.24, 2.45) is 94.7 Å². The third-order valence-electron chi connectivity index (χ3n) is 20.6. The highest BCUT2D eigenvalue weighted by Gasteiger charge is 2.66. The van der Waals surface area contributed by atoms with Crippen LogP contribution in [0.4, 0.5) is 0 Å². The van der Waals surface area contributed by atoms with E-state index in [1.165, 1.54) is 13.3 Å². The second-order valence-corrected chi connectivity index (χ2v) is 28.4. The van der Waals surface area contributed by atoms with Crippen LogP contribution < -0.4 is 45.0 Å².